The summed E-state index contributed by atoms with van der Waals surface area (Å²) in [5, 5.41) is 7.96. The zero-order chi connectivity index (χ0) is 18.9. The van der Waals surface area contributed by atoms with Gasteiger partial charge in [0.2, 0.25) is 5.91 Å². The zero-order valence-corrected chi connectivity index (χ0v) is 16.4. The van der Waals surface area contributed by atoms with E-state index in [1.807, 2.05) is 40.5 Å². The SMILES string of the molecule is CCN1C(=O)C[C@@H](CNCc2cnn(C(C)(C)C)c2)[C@@H]1c1nccn1C. The fourth-order valence-electron chi connectivity index (χ4n) is 3.65. The quantitative estimate of drug-likeness (QED) is 0.858. The van der Waals surface area contributed by atoms with Crippen LogP contribution >= 0.6 is 0 Å². The number of carbonyl (C=O) groups excluding carboxylic acids is 1. The largest absolute Gasteiger partial charge is 0.336 e. The van der Waals surface area contributed by atoms with Gasteiger partial charge >= 0.3 is 0 Å². The molecule has 1 amide bonds. The van der Waals surface area contributed by atoms with Gasteiger partial charge in [0, 0.05) is 63.2 Å². The summed E-state index contributed by atoms with van der Waals surface area (Å²) in [4.78, 5) is 18.9. The van der Waals surface area contributed by atoms with Gasteiger partial charge in [0.25, 0.3) is 0 Å². The number of hydrogen-bond donors (Lipinski definition) is 1. The summed E-state index contributed by atoms with van der Waals surface area (Å²) in [6.45, 7) is 10.7. The van der Waals surface area contributed by atoms with Crippen molar-refractivity contribution < 1.29 is 4.79 Å². The summed E-state index contributed by atoms with van der Waals surface area (Å²) in [5.41, 5.74) is 1.14. The summed E-state index contributed by atoms with van der Waals surface area (Å²) >= 11 is 0. The lowest BCUT2D eigenvalue weighted by Gasteiger charge is -2.27. The van der Waals surface area contributed by atoms with Gasteiger partial charge < -0.3 is 14.8 Å². The molecule has 0 spiro atoms. The number of hydrogen-bond acceptors (Lipinski definition) is 4. The number of rotatable bonds is 6. The molecule has 1 N–H and O–H groups in total. The minimum Gasteiger partial charge on any atom is -0.336 e. The van der Waals surface area contributed by atoms with E-state index < -0.39 is 0 Å². The van der Waals surface area contributed by atoms with Crippen LogP contribution in [-0.4, -0.2) is 43.2 Å². The third-order valence-electron chi connectivity index (χ3n) is 5.06. The lowest BCUT2D eigenvalue weighted by Crippen LogP contribution is -2.33. The van der Waals surface area contributed by atoms with Crippen molar-refractivity contribution in [3.63, 3.8) is 0 Å². The molecule has 0 saturated carbocycles. The van der Waals surface area contributed by atoms with Gasteiger partial charge in [-0.3, -0.25) is 9.48 Å². The molecule has 1 fully saturated rings. The van der Waals surface area contributed by atoms with Crippen molar-refractivity contribution in [2.24, 2.45) is 13.0 Å². The Morgan fingerprint density at radius 1 is 1.35 bits per heavy atom. The normalized spacial score (nSPS) is 21.0. The Kier molecular flexibility index (Phi) is 5.18. The van der Waals surface area contributed by atoms with Crippen molar-refractivity contribution in [3.8, 4) is 0 Å². The van der Waals surface area contributed by atoms with Crippen molar-refractivity contribution in [2.75, 3.05) is 13.1 Å². The van der Waals surface area contributed by atoms with E-state index in [4.69, 9.17) is 0 Å². The number of amides is 1. The minimum atomic E-state index is -0.0129. The van der Waals surface area contributed by atoms with Crippen molar-refractivity contribution in [3.05, 3.63) is 36.2 Å². The number of aryl methyl sites for hydroxylation is 1. The van der Waals surface area contributed by atoms with Crippen LogP contribution in [0.1, 0.15) is 51.5 Å². The lowest BCUT2D eigenvalue weighted by atomic mass is 9.99. The third-order valence-corrected chi connectivity index (χ3v) is 5.06. The summed E-state index contributed by atoms with van der Waals surface area (Å²) in [7, 11) is 1.99. The highest BCUT2D eigenvalue weighted by Crippen LogP contribution is 2.36. The Labute approximate surface area is 155 Å². The van der Waals surface area contributed by atoms with Crippen LogP contribution in [-0.2, 0) is 23.9 Å². The predicted octanol–water partition coefficient (Wildman–Crippen LogP) is 2.07. The molecule has 3 heterocycles. The average Bonchev–Trinajstić information content (AvgIpc) is 3.26. The van der Waals surface area contributed by atoms with E-state index in [0.717, 1.165) is 24.5 Å². The maximum absolute atomic E-state index is 12.4. The maximum atomic E-state index is 12.4. The molecular weight excluding hydrogens is 328 g/mol. The van der Waals surface area contributed by atoms with Gasteiger partial charge in [-0.25, -0.2) is 4.98 Å². The van der Waals surface area contributed by atoms with E-state index >= 15 is 0 Å². The fourth-order valence-corrected chi connectivity index (χ4v) is 3.65. The summed E-state index contributed by atoms with van der Waals surface area (Å²) < 4.78 is 4.00. The van der Waals surface area contributed by atoms with Gasteiger partial charge in [0.15, 0.2) is 0 Å². The number of nitrogens with one attached hydrogen (secondary N) is 1. The van der Waals surface area contributed by atoms with E-state index in [2.05, 4.69) is 42.4 Å². The number of nitrogens with zero attached hydrogens (tertiary/aromatic N) is 5. The minimum absolute atomic E-state index is 0.0129. The molecule has 2 atom stereocenters. The highest BCUT2D eigenvalue weighted by atomic mass is 16.2. The summed E-state index contributed by atoms with van der Waals surface area (Å²) in [6, 6.07) is 0.0392. The summed E-state index contributed by atoms with van der Waals surface area (Å²) in [6.07, 6.45) is 8.31. The molecule has 3 rings (SSSR count). The molecule has 2 aromatic rings. The average molecular weight is 358 g/mol. The molecule has 26 heavy (non-hydrogen) atoms. The first-order valence-corrected chi connectivity index (χ1v) is 9.32. The first-order chi connectivity index (χ1) is 12.3. The number of aromatic nitrogens is 4. The highest BCUT2D eigenvalue weighted by molar-refractivity contribution is 5.79. The monoisotopic (exact) mass is 358 g/mol. The second-order valence-electron chi connectivity index (χ2n) is 8.08. The molecule has 2 aromatic heterocycles. The molecule has 7 heteroatoms. The molecule has 1 aliphatic rings. The van der Waals surface area contributed by atoms with Crippen LogP contribution in [0.25, 0.3) is 0 Å². The Bertz CT molecular complexity index is 756. The first kappa shape index (κ1) is 18.6. The standard InChI is InChI=1S/C19H30N6O/c1-6-24-16(26)9-15(17(24)18-21-7-8-23(18)5)12-20-10-14-11-22-25(13-14)19(2,3)4/h7-8,11,13,15,17,20H,6,9-10,12H2,1-5H3/t15-,17+/m0/s1. The van der Waals surface area contributed by atoms with Gasteiger partial charge in [0.05, 0.1) is 17.8 Å². The van der Waals surface area contributed by atoms with Gasteiger partial charge in [0.1, 0.15) is 5.82 Å². The molecule has 142 valence electrons. The van der Waals surface area contributed by atoms with E-state index in [1.165, 1.54) is 0 Å². The van der Waals surface area contributed by atoms with Crippen molar-refractivity contribution in [2.45, 2.75) is 52.2 Å². The van der Waals surface area contributed by atoms with E-state index in [9.17, 15) is 4.79 Å². The van der Waals surface area contributed by atoms with Crippen molar-refractivity contribution in [1.82, 2.24) is 29.5 Å². The van der Waals surface area contributed by atoms with Crippen LogP contribution in [0.15, 0.2) is 24.8 Å². The maximum Gasteiger partial charge on any atom is 0.223 e. The Hall–Kier alpha value is -2.15. The van der Waals surface area contributed by atoms with Gasteiger partial charge in [-0.15, -0.1) is 0 Å². The first-order valence-electron chi connectivity index (χ1n) is 9.32. The second-order valence-corrected chi connectivity index (χ2v) is 8.08. The van der Waals surface area contributed by atoms with E-state index in [1.54, 1.807) is 6.20 Å². The number of carbonyl (C=O) groups is 1. The Morgan fingerprint density at radius 3 is 2.69 bits per heavy atom. The smallest absolute Gasteiger partial charge is 0.223 e. The molecule has 1 aliphatic heterocycles. The van der Waals surface area contributed by atoms with E-state index in [0.29, 0.717) is 13.0 Å². The Balaban J connectivity index is 1.65. The molecule has 0 radical (unpaired) electrons. The number of imidazole rings is 1. The molecule has 0 aliphatic carbocycles. The van der Waals surface area contributed by atoms with Gasteiger partial charge in [-0.05, 0) is 27.7 Å². The highest BCUT2D eigenvalue weighted by Gasteiger charge is 2.41. The second kappa shape index (κ2) is 7.23. The molecule has 0 aromatic carbocycles. The molecule has 0 unspecified atom stereocenters. The topological polar surface area (TPSA) is 68.0 Å². The Morgan fingerprint density at radius 2 is 2.12 bits per heavy atom. The van der Waals surface area contributed by atoms with Gasteiger partial charge in [-0.1, -0.05) is 0 Å². The van der Waals surface area contributed by atoms with Crippen LogP contribution in [0.2, 0.25) is 0 Å². The zero-order valence-electron chi connectivity index (χ0n) is 16.4. The third kappa shape index (κ3) is 3.67. The van der Waals surface area contributed by atoms with Crippen LogP contribution in [0.3, 0.4) is 0 Å². The molecule has 7 nitrogen and oxygen atoms in total. The van der Waals surface area contributed by atoms with Crippen LogP contribution in [0.4, 0.5) is 0 Å². The number of likely N-dealkylation sites (tertiary alicyclic amines) is 1. The lowest BCUT2D eigenvalue weighted by molar-refractivity contribution is -0.128. The van der Waals surface area contributed by atoms with Crippen LogP contribution in [0, 0.1) is 5.92 Å². The predicted molar refractivity (Wildman–Crippen MR) is 100 cm³/mol. The van der Waals surface area contributed by atoms with Crippen molar-refractivity contribution in [1.29, 1.82) is 0 Å². The summed E-state index contributed by atoms with van der Waals surface area (Å²) in [5.74, 6) is 1.40. The molecule has 1 saturated heterocycles. The van der Waals surface area contributed by atoms with Crippen LogP contribution in [0.5, 0.6) is 0 Å². The molecule has 0 bridgehead atoms. The van der Waals surface area contributed by atoms with Crippen molar-refractivity contribution >= 4 is 5.91 Å². The van der Waals surface area contributed by atoms with Crippen LogP contribution < -0.4 is 5.32 Å². The fraction of sp³-hybridized carbons (Fsp3) is 0.632. The molecular formula is C19H30N6O. The van der Waals surface area contributed by atoms with Gasteiger partial charge in [-0.2, -0.15) is 5.10 Å². The van der Waals surface area contributed by atoms with E-state index in [-0.39, 0.29) is 23.4 Å².